The molecule has 0 fully saturated rings. The molecule has 1 heterocycles. The van der Waals surface area contributed by atoms with Crippen LogP contribution in [0.2, 0.25) is 5.04 Å². The number of rotatable bonds is 7. The van der Waals surface area contributed by atoms with E-state index in [4.69, 9.17) is 4.43 Å². The molecule has 3 aromatic rings. The molecule has 1 aromatic heterocycles. The van der Waals surface area contributed by atoms with Crippen molar-refractivity contribution >= 4 is 40.1 Å². The average Bonchev–Trinajstić information content (AvgIpc) is 3.22. The lowest BCUT2D eigenvalue weighted by Crippen LogP contribution is -2.66. The van der Waals surface area contributed by atoms with Gasteiger partial charge in [0, 0.05) is 10.9 Å². The lowest BCUT2D eigenvalue weighted by molar-refractivity contribution is 0.206. The minimum atomic E-state index is -3.69. The van der Waals surface area contributed by atoms with Crippen LogP contribution in [0.25, 0.3) is 0 Å². The summed E-state index contributed by atoms with van der Waals surface area (Å²) in [6.45, 7) is 14.1. The largest absolute Gasteiger partial charge is 0.399 e. The molecule has 5 nitrogen and oxygen atoms in total. The van der Waals surface area contributed by atoms with Crippen molar-refractivity contribution in [2.24, 2.45) is 0 Å². The fourth-order valence-corrected chi connectivity index (χ4v) is 11.2. The summed E-state index contributed by atoms with van der Waals surface area (Å²) in [6.07, 6.45) is -0.383. The molecule has 1 atom stereocenters. The summed E-state index contributed by atoms with van der Waals surface area (Å²) in [5.41, 5.74) is 0.0455. The summed E-state index contributed by atoms with van der Waals surface area (Å²) < 4.78 is 35.3. The Balaban J connectivity index is 2.06. The molecule has 0 bridgehead atoms. The van der Waals surface area contributed by atoms with Gasteiger partial charge in [0.25, 0.3) is 18.3 Å². The van der Waals surface area contributed by atoms with E-state index in [2.05, 4.69) is 54.7 Å². The average molecular weight is 503 g/mol. The second-order valence-corrected chi connectivity index (χ2v) is 17.3. The summed E-state index contributed by atoms with van der Waals surface area (Å²) in [5.74, 6) is 0. The van der Waals surface area contributed by atoms with Gasteiger partial charge in [-0.25, -0.2) is 18.1 Å². The summed E-state index contributed by atoms with van der Waals surface area (Å²) in [4.78, 5) is 4.48. The summed E-state index contributed by atoms with van der Waals surface area (Å²) in [5, 5.41) is 3.96. The third kappa shape index (κ3) is 5.63. The zero-order chi connectivity index (χ0) is 24.5. The minimum Gasteiger partial charge on any atom is -0.399 e. The number of aromatic nitrogens is 1. The molecule has 1 N–H and O–H groups in total. The molecular formula is C25H34N2O3S2Si. The molecule has 0 aliphatic rings. The molecule has 0 saturated carbocycles. The van der Waals surface area contributed by atoms with Crippen LogP contribution in [0, 0.1) is 0 Å². The third-order valence-corrected chi connectivity index (χ3v) is 13.5. The van der Waals surface area contributed by atoms with Crippen LogP contribution in [-0.2, 0) is 14.4 Å². The first kappa shape index (κ1) is 25.8. The fourth-order valence-electron chi connectivity index (χ4n) is 4.04. The first-order valence-electron chi connectivity index (χ1n) is 11.0. The second-order valence-electron chi connectivity index (χ2n) is 10.3. The molecule has 0 spiro atoms. The Kier molecular flexibility index (Phi) is 7.36. The molecule has 1 unspecified atom stereocenters. The molecular weight excluding hydrogens is 469 g/mol. The van der Waals surface area contributed by atoms with Crippen LogP contribution in [-0.4, -0.2) is 27.3 Å². The van der Waals surface area contributed by atoms with Crippen LogP contribution in [0.4, 0.5) is 0 Å². The van der Waals surface area contributed by atoms with Crippen LogP contribution in [0.1, 0.15) is 60.3 Å². The minimum absolute atomic E-state index is 0.0605. The Labute approximate surface area is 203 Å². The van der Waals surface area contributed by atoms with Crippen molar-refractivity contribution in [3.05, 3.63) is 71.7 Å². The zero-order valence-corrected chi connectivity index (χ0v) is 23.0. The van der Waals surface area contributed by atoms with Gasteiger partial charge in [-0.1, -0.05) is 81.4 Å². The van der Waals surface area contributed by atoms with Crippen LogP contribution in [0.3, 0.4) is 0 Å². The van der Waals surface area contributed by atoms with Gasteiger partial charge in [-0.05, 0) is 43.1 Å². The Bertz CT molecular complexity index is 1130. The van der Waals surface area contributed by atoms with Gasteiger partial charge in [-0.15, -0.1) is 11.3 Å². The van der Waals surface area contributed by atoms with Crippen LogP contribution in [0.5, 0.6) is 0 Å². The normalized spacial score (nSPS) is 14.3. The van der Waals surface area contributed by atoms with Gasteiger partial charge in [-0.3, -0.25) is 0 Å². The number of thiazole rings is 1. The van der Waals surface area contributed by atoms with E-state index in [0.717, 1.165) is 11.3 Å². The maximum Gasteiger partial charge on any atom is 0.268 e. The smallest absolute Gasteiger partial charge is 0.268 e. The van der Waals surface area contributed by atoms with Gasteiger partial charge in [0.2, 0.25) is 4.34 Å². The maximum absolute atomic E-state index is 12.8. The van der Waals surface area contributed by atoms with Crippen molar-refractivity contribution in [1.29, 1.82) is 0 Å². The molecule has 0 radical (unpaired) electrons. The van der Waals surface area contributed by atoms with E-state index in [-0.39, 0.29) is 15.5 Å². The van der Waals surface area contributed by atoms with Gasteiger partial charge in [-0.2, -0.15) is 0 Å². The number of nitrogens with one attached hydrogen (secondary N) is 1. The second kappa shape index (κ2) is 9.42. The standard InChI is InChI=1S/C25H34N2O3S2Si/c1-19(22-18-31-23(26-22)32(28,29)27-24(2,3)4)30-33(25(5,6)7,20-14-10-8-11-15-20)21-16-12-9-13-17-21/h8-19,27H,1-7H3. The van der Waals surface area contributed by atoms with E-state index in [1.165, 1.54) is 10.4 Å². The van der Waals surface area contributed by atoms with Crippen LogP contribution < -0.4 is 15.1 Å². The lowest BCUT2D eigenvalue weighted by atomic mass is 10.1. The highest BCUT2D eigenvalue weighted by molar-refractivity contribution is 7.91. The van der Waals surface area contributed by atoms with E-state index >= 15 is 0 Å². The van der Waals surface area contributed by atoms with Gasteiger partial charge in [0.1, 0.15) is 0 Å². The predicted molar refractivity (Wildman–Crippen MR) is 139 cm³/mol. The molecule has 33 heavy (non-hydrogen) atoms. The van der Waals surface area contributed by atoms with Gasteiger partial charge in [0.15, 0.2) is 0 Å². The maximum atomic E-state index is 12.8. The molecule has 2 aromatic carbocycles. The number of nitrogens with zero attached hydrogens (tertiary/aromatic N) is 1. The van der Waals surface area contributed by atoms with Crippen LogP contribution in [0.15, 0.2) is 70.4 Å². The van der Waals surface area contributed by atoms with E-state index in [1.807, 2.05) is 64.1 Å². The predicted octanol–water partition coefficient (Wildman–Crippen LogP) is 4.86. The van der Waals surface area contributed by atoms with Gasteiger partial charge >= 0.3 is 0 Å². The van der Waals surface area contributed by atoms with E-state index < -0.39 is 23.9 Å². The van der Waals surface area contributed by atoms with Gasteiger partial charge in [0.05, 0.1) is 11.8 Å². The van der Waals surface area contributed by atoms with E-state index in [1.54, 1.807) is 5.38 Å². The molecule has 8 heteroatoms. The van der Waals surface area contributed by atoms with Crippen molar-refractivity contribution in [3.8, 4) is 0 Å². The number of sulfonamides is 1. The Morgan fingerprint density at radius 3 is 1.82 bits per heavy atom. The number of benzene rings is 2. The lowest BCUT2D eigenvalue weighted by Gasteiger charge is -2.44. The summed E-state index contributed by atoms with van der Waals surface area (Å²) in [7, 11) is -6.46. The topological polar surface area (TPSA) is 68.3 Å². The first-order chi connectivity index (χ1) is 15.3. The highest BCUT2D eigenvalue weighted by Crippen LogP contribution is 2.40. The highest BCUT2D eigenvalue weighted by Gasteiger charge is 2.51. The monoisotopic (exact) mass is 502 g/mol. The van der Waals surface area contributed by atoms with E-state index in [0.29, 0.717) is 5.69 Å². The van der Waals surface area contributed by atoms with Crippen molar-refractivity contribution < 1.29 is 12.8 Å². The quantitative estimate of drug-likeness (QED) is 0.469. The Morgan fingerprint density at radius 1 is 0.909 bits per heavy atom. The number of hydrogen-bond acceptors (Lipinski definition) is 5. The molecule has 0 amide bonds. The molecule has 3 rings (SSSR count). The zero-order valence-electron chi connectivity index (χ0n) is 20.4. The van der Waals surface area contributed by atoms with Crippen molar-refractivity contribution in [2.75, 3.05) is 0 Å². The fraction of sp³-hybridized carbons (Fsp3) is 0.400. The molecule has 178 valence electrons. The van der Waals surface area contributed by atoms with Crippen LogP contribution >= 0.6 is 11.3 Å². The van der Waals surface area contributed by atoms with Crippen molar-refractivity contribution in [2.45, 2.75) is 69.5 Å². The first-order valence-corrected chi connectivity index (χ1v) is 15.3. The molecule has 0 aliphatic heterocycles. The van der Waals surface area contributed by atoms with Crippen molar-refractivity contribution in [1.82, 2.24) is 9.71 Å². The van der Waals surface area contributed by atoms with E-state index in [9.17, 15) is 8.42 Å². The van der Waals surface area contributed by atoms with Crippen molar-refractivity contribution in [3.63, 3.8) is 0 Å². The highest BCUT2D eigenvalue weighted by atomic mass is 32.2. The Morgan fingerprint density at radius 2 is 1.39 bits per heavy atom. The number of hydrogen-bond donors (Lipinski definition) is 1. The Hall–Kier alpha value is -1.84. The third-order valence-electron chi connectivity index (χ3n) is 5.36. The summed E-state index contributed by atoms with van der Waals surface area (Å²) in [6, 6.07) is 20.8. The summed E-state index contributed by atoms with van der Waals surface area (Å²) >= 11 is 1.12. The van der Waals surface area contributed by atoms with Gasteiger partial charge < -0.3 is 4.43 Å². The molecule has 0 saturated heterocycles. The molecule has 0 aliphatic carbocycles. The SMILES string of the molecule is CC(O[Si](c1ccccc1)(c1ccccc1)C(C)(C)C)c1csc(S(=O)(=O)NC(C)(C)C)n1.